The van der Waals surface area contributed by atoms with E-state index >= 15 is 0 Å². The number of furan rings is 1. The van der Waals surface area contributed by atoms with E-state index < -0.39 is 0 Å². The van der Waals surface area contributed by atoms with E-state index in [1.165, 1.54) is 21.9 Å². The van der Waals surface area contributed by atoms with E-state index in [1.807, 2.05) is 60.7 Å². The summed E-state index contributed by atoms with van der Waals surface area (Å²) in [6, 6.07) is 63.2. The summed E-state index contributed by atoms with van der Waals surface area (Å²) in [5.74, 6) is 1.87. The average molecular weight is 691 g/mol. The Morgan fingerprint density at radius 2 is 0.870 bits per heavy atom. The van der Waals surface area contributed by atoms with Crippen molar-refractivity contribution in [2.75, 3.05) is 0 Å². The van der Waals surface area contributed by atoms with Gasteiger partial charge in [-0.15, -0.1) is 0 Å². The number of hydrogen-bond donors (Lipinski definition) is 0. The number of aromatic nitrogens is 4. The van der Waals surface area contributed by atoms with Gasteiger partial charge in [0, 0.05) is 43.6 Å². The highest BCUT2D eigenvalue weighted by Gasteiger charge is 2.22. The van der Waals surface area contributed by atoms with Crippen molar-refractivity contribution in [3.8, 4) is 51.0 Å². The van der Waals surface area contributed by atoms with Crippen molar-refractivity contribution in [3.05, 3.63) is 182 Å². The SMILES string of the molecule is c1ccc(-c2ccc3c(c2)c2ccccc2n3-c2cccc3c2oc2c4ccccc4c(-c4nc(-c5ccccc5)nc(-c5ccccc5)n4)cc32)cc1. The molecule has 0 aliphatic carbocycles. The van der Waals surface area contributed by atoms with Crippen LogP contribution in [0.5, 0.6) is 0 Å². The molecule has 5 nitrogen and oxygen atoms in total. The van der Waals surface area contributed by atoms with Gasteiger partial charge in [-0.3, -0.25) is 0 Å². The van der Waals surface area contributed by atoms with E-state index in [9.17, 15) is 0 Å². The van der Waals surface area contributed by atoms with Gasteiger partial charge in [-0.25, -0.2) is 15.0 Å². The van der Waals surface area contributed by atoms with E-state index in [1.54, 1.807) is 0 Å². The van der Waals surface area contributed by atoms with Crippen molar-refractivity contribution in [2.45, 2.75) is 0 Å². The van der Waals surface area contributed by atoms with Gasteiger partial charge in [0.05, 0.1) is 16.7 Å². The molecule has 0 fully saturated rings. The zero-order valence-corrected chi connectivity index (χ0v) is 29.0. The van der Waals surface area contributed by atoms with Crippen LogP contribution in [0.4, 0.5) is 0 Å². The van der Waals surface area contributed by atoms with Gasteiger partial charge in [0.1, 0.15) is 5.58 Å². The van der Waals surface area contributed by atoms with Gasteiger partial charge in [0.15, 0.2) is 23.1 Å². The Morgan fingerprint density at radius 1 is 0.333 bits per heavy atom. The quantitative estimate of drug-likeness (QED) is 0.180. The van der Waals surface area contributed by atoms with Crippen molar-refractivity contribution in [2.24, 2.45) is 0 Å². The highest BCUT2D eigenvalue weighted by molar-refractivity contribution is 6.20. The van der Waals surface area contributed by atoms with E-state index in [2.05, 4.69) is 126 Å². The second kappa shape index (κ2) is 12.1. The Labute approximate surface area is 310 Å². The molecule has 0 spiro atoms. The van der Waals surface area contributed by atoms with Gasteiger partial charge in [0.2, 0.25) is 0 Å². The van der Waals surface area contributed by atoms with Crippen LogP contribution in [-0.4, -0.2) is 19.5 Å². The van der Waals surface area contributed by atoms with Crippen molar-refractivity contribution in [3.63, 3.8) is 0 Å². The standard InChI is InChI=1S/C49H30N4O/c1-4-15-31(16-5-1)34-27-28-43-39(29-34)36-22-12-13-25-42(36)53(43)44-26-14-24-38-40-30-41(35-21-10-11-23-37(35)45(40)54-46(38)44)49-51-47(32-17-6-2-7-18-32)50-48(52-49)33-19-8-3-9-20-33/h1-30H. The molecule has 0 radical (unpaired) electrons. The number of nitrogens with zero attached hydrogens (tertiary/aromatic N) is 4. The summed E-state index contributed by atoms with van der Waals surface area (Å²) < 4.78 is 9.36. The maximum absolute atomic E-state index is 7.01. The Morgan fingerprint density at radius 3 is 1.57 bits per heavy atom. The van der Waals surface area contributed by atoms with Crippen molar-refractivity contribution < 1.29 is 4.42 Å². The second-order valence-electron chi connectivity index (χ2n) is 13.6. The molecule has 0 aliphatic heterocycles. The molecule has 0 bridgehead atoms. The first kappa shape index (κ1) is 30.3. The minimum atomic E-state index is 0.614. The molecule has 0 atom stereocenters. The summed E-state index contributed by atoms with van der Waals surface area (Å²) >= 11 is 0. The lowest BCUT2D eigenvalue weighted by molar-refractivity contribution is 0.670. The first-order valence-electron chi connectivity index (χ1n) is 18.1. The van der Waals surface area contributed by atoms with Crippen LogP contribution < -0.4 is 0 Å². The summed E-state index contributed by atoms with van der Waals surface area (Å²) in [6.07, 6.45) is 0. The molecule has 0 unspecified atom stereocenters. The highest BCUT2D eigenvalue weighted by atomic mass is 16.3. The molecular weight excluding hydrogens is 661 g/mol. The Bertz CT molecular complexity index is 3140. The topological polar surface area (TPSA) is 56.7 Å². The Kier molecular flexibility index (Phi) is 6.79. The molecule has 11 aromatic rings. The zero-order chi connectivity index (χ0) is 35.6. The average Bonchev–Trinajstić information content (AvgIpc) is 3.80. The maximum atomic E-state index is 7.01. The normalized spacial score (nSPS) is 11.7. The molecule has 252 valence electrons. The molecule has 8 aromatic carbocycles. The molecule has 5 heteroatoms. The van der Waals surface area contributed by atoms with Crippen LogP contribution in [0.2, 0.25) is 0 Å². The highest BCUT2D eigenvalue weighted by Crippen LogP contribution is 2.43. The van der Waals surface area contributed by atoms with Crippen molar-refractivity contribution in [1.82, 2.24) is 19.5 Å². The van der Waals surface area contributed by atoms with Gasteiger partial charge < -0.3 is 8.98 Å². The number of para-hydroxylation sites is 2. The molecule has 0 saturated heterocycles. The fourth-order valence-corrected chi connectivity index (χ4v) is 7.94. The third-order valence-electron chi connectivity index (χ3n) is 10.4. The summed E-state index contributed by atoms with van der Waals surface area (Å²) in [4.78, 5) is 15.2. The van der Waals surface area contributed by atoms with E-state index in [0.29, 0.717) is 17.5 Å². The molecule has 3 heterocycles. The fraction of sp³-hybridized carbons (Fsp3) is 0. The summed E-state index contributed by atoms with van der Waals surface area (Å²) in [6.45, 7) is 0. The molecule has 0 saturated carbocycles. The molecule has 0 N–H and O–H groups in total. The van der Waals surface area contributed by atoms with Gasteiger partial charge in [-0.2, -0.15) is 0 Å². The Hall–Kier alpha value is -7.37. The second-order valence-corrected chi connectivity index (χ2v) is 13.6. The lowest BCUT2D eigenvalue weighted by atomic mass is 9.99. The molecule has 11 rings (SSSR count). The first-order chi connectivity index (χ1) is 26.8. The van der Waals surface area contributed by atoms with Gasteiger partial charge in [-0.05, 0) is 46.8 Å². The van der Waals surface area contributed by atoms with Crippen LogP contribution in [0, 0.1) is 0 Å². The Balaban J connectivity index is 1.17. The summed E-state index contributed by atoms with van der Waals surface area (Å²) in [7, 11) is 0. The smallest absolute Gasteiger partial charge is 0.164 e. The number of benzene rings is 8. The van der Waals surface area contributed by atoms with Crippen LogP contribution in [0.25, 0.3) is 105 Å². The van der Waals surface area contributed by atoms with E-state index in [4.69, 9.17) is 19.4 Å². The third kappa shape index (κ3) is 4.76. The minimum absolute atomic E-state index is 0.614. The molecule has 54 heavy (non-hydrogen) atoms. The minimum Gasteiger partial charge on any atom is -0.453 e. The predicted octanol–water partition coefficient (Wildman–Crippen LogP) is 12.7. The monoisotopic (exact) mass is 690 g/mol. The van der Waals surface area contributed by atoms with Gasteiger partial charge in [-0.1, -0.05) is 152 Å². The lowest BCUT2D eigenvalue weighted by Crippen LogP contribution is -2.00. The molecule has 0 amide bonds. The first-order valence-corrected chi connectivity index (χ1v) is 18.1. The zero-order valence-electron chi connectivity index (χ0n) is 29.0. The van der Waals surface area contributed by atoms with Crippen LogP contribution in [0.3, 0.4) is 0 Å². The van der Waals surface area contributed by atoms with Crippen LogP contribution in [0.1, 0.15) is 0 Å². The third-order valence-corrected chi connectivity index (χ3v) is 10.4. The van der Waals surface area contributed by atoms with Gasteiger partial charge in [0.25, 0.3) is 0 Å². The molecule has 3 aromatic heterocycles. The summed E-state index contributed by atoms with van der Waals surface area (Å²) in [5.41, 5.74) is 10.1. The summed E-state index contributed by atoms with van der Waals surface area (Å²) in [5, 5.41) is 6.46. The fourth-order valence-electron chi connectivity index (χ4n) is 7.94. The number of rotatable bonds is 5. The molecule has 0 aliphatic rings. The largest absolute Gasteiger partial charge is 0.453 e. The van der Waals surface area contributed by atoms with Crippen molar-refractivity contribution in [1.29, 1.82) is 0 Å². The maximum Gasteiger partial charge on any atom is 0.164 e. The number of fused-ring (bicyclic) bond motifs is 8. The van der Waals surface area contributed by atoms with E-state index in [-0.39, 0.29) is 0 Å². The van der Waals surface area contributed by atoms with E-state index in [0.717, 1.165) is 66.1 Å². The van der Waals surface area contributed by atoms with Crippen LogP contribution in [-0.2, 0) is 0 Å². The van der Waals surface area contributed by atoms with Crippen molar-refractivity contribution >= 4 is 54.5 Å². The predicted molar refractivity (Wildman–Crippen MR) is 221 cm³/mol. The van der Waals surface area contributed by atoms with Crippen LogP contribution >= 0.6 is 0 Å². The number of hydrogen-bond acceptors (Lipinski definition) is 4. The van der Waals surface area contributed by atoms with Gasteiger partial charge >= 0.3 is 0 Å². The lowest BCUT2D eigenvalue weighted by Gasteiger charge is -2.11. The molecular formula is C49H30N4O. The van der Waals surface area contributed by atoms with Crippen LogP contribution in [0.15, 0.2) is 186 Å².